The molecule has 136 valence electrons. The first-order valence-corrected chi connectivity index (χ1v) is 8.31. The summed E-state index contributed by atoms with van der Waals surface area (Å²) >= 11 is 1.17. The van der Waals surface area contributed by atoms with Gasteiger partial charge in [-0.15, -0.1) is 4.73 Å². The van der Waals surface area contributed by atoms with Gasteiger partial charge in [0.25, 0.3) is 5.56 Å². The molecule has 1 heterocycles. The van der Waals surface area contributed by atoms with E-state index in [9.17, 15) is 14.4 Å². The van der Waals surface area contributed by atoms with E-state index in [1.54, 1.807) is 46.4 Å². The molecule has 0 atom stereocenters. The minimum Gasteiger partial charge on any atom is -0.411 e. The Kier molecular flexibility index (Phi) is 7.93. The molecular formula is C16H22N4O4S. The van der Waals surface area contributed by atoms with Crippen LogP contribution in [0.3, 0.4) is 0 Å². The number of amides is 2. The lowest BCUT2D eigenvalue weighted by atomic mass is 10.2. The molecule has 1 aromatic carbocycles. The van der Waals surface area contributed by atoms with E-state index in [1.807, 2.05) is 6.07 Å². The van der Waals surface area contributed by atoms with Crippen LogP contribution in [0.1, 0.15) is 0 Å². The van der Waals surface area contributed by atoms with E-state index in [4.69, 9.17) is 4.84 Å². The minimum absolute atomic E-state index is 0.0555. The lowest BCUT2D eigenvalue weighted by molar-refractivity contribution is -0.125. The molecule has 0 radical (unpaired) electrons. The number of benzene rings is 1. The Hall–Kier alpha value is -2.55. The molecule has 0 aliphatic carbocycles. The van der Waals surface area contributed by atoms with Gasteiger partial charge in [-0.05, 0) is 12.1 Å². The highest BCUT2D eigenvalue weighted by atomic mass is 32.2. The predicted octanol–water partition coefficient (Wildman–Crippen LogP) is 0.340. The summed E-state index contributed by atoms with van der Waals surface area (Å²) in [4.78, 5) is 45.7. The normalized spacial score (nSPS) is 9.80. The first-order chi connectivity index (χ1) is 11.8. The quantitative estimate of drug-likeness (QED) is 0.431. The zero-order valence-electron chi connectivity index (χ0n) is 14.9. The largest absolute Gasteiger partial charge is 0.411 e. The van der Waals surface area contributed by atoms with Gasteiger partial charge in [0.05, 0.1) is 16.7 Å². The number of aromatic nitrogens is 2. The fourth-order valence-electron chi connectivity index (χ4n) is 1.60. The third kappa shape index (κ3) is 5.79. The van der Waals surface area contributed by atoms with Gasteiger partial charge >= 0.3 is 0 Å². The molecule has 25 heavy (non-hydrogen) atoms. The number of hydrogen-bond acceptors (Lipinski definition) is 6. The monoisotopic (exact) mass is 366 g/mol. The van der Waals surface area contributed by atoms with Crippen LogP contribution in [-0.2, 0) is 9.59 Å². The summed E-state index contributed by atoms with van der Waals surface area (Å²) in [7, 11) is 8.13. The molecule has 0 bridgehead atoms. The number of para-hydroxylation sites is 1. The number of carbonyl (C=O) groups excluding carboxylic acids is 2. The molecule has 0 N–H and O–H groups in total. The van der Waals surface area contributed by atoms with Crippen molar-refractivity contribution in [1.82, 2.24) is 19.5 Å². The van der Waals surface area contributed by atoms with Gasteiger partial charge in [-0.3, -0.25) is 14.4 Å². The number of hydrogen-bond donors (Lipinski definition) is 0. The van der Waals surface area contributed by atoms with Crippen LogP contribution in [0.25, 0.3) is 10.9 Å². The van der Waals surface area contributed by atoms with Gasteiger partial charge in [-0.25, -0.2) is 4.98 Å². The molecule has 0 saturated carbocycles. The van der Waals surface area contributed by atoms with Crippen molar-refractivity contribution in [2.75, 3.05) is 41.1 Å². The Morgan fingerprint density at radius 1 is 1.28 bits per heavy atom. The molecule has 1 aromatic heterocycles. The standard InChI is InChI=1S/C13H15N3O3S.C3H7NO/c1-15(2)11(17)8-20-13-14-10-7-5-4-6-9(10)12(18)16(13)19-3;1-4(2)3-5/h4-7H,8H2,1-3H3;3H,1-2H3. The summed E-state index contributed by atoms with van der Waals surface area (Å²) in [5.41, 5.74) is 0.309. The number of nitrogens with zero attached hydrogens (tertiary/aromatic N) is 4. The maximum Gasteiger partial charge on any atom is 0.295 e. The van der Waals surface area contributed by atoms with Crippen LogP contribution in [0.5, 0.6) is 0 Å². The number of thioether (sulfide) groups is 1. The molecule has 2 rings (SSSR count). The van der Waals surface area contributed by atoms with Gasteiger partial charge in [0.1, 0.15) is 7.11 Å². The van der Waals surface area contributed by atoms with E-state index >= 15 is 0 Å². The summed E-state index contributed by atoms with van der Waals surface area (Å²) < 4.78 is 1.11. The average Bonchev–Trinajstić information content (AvgIpc) is 2.60. The van der Waals surface area contributed by atoms with Crippen molar-refractivity contribution < 1.29 is 14.4 Å². The summed E-state index contributed by atoms with van der Waals surface area (Å²) in [6, 6.07) is 7.04. The third-order valence-corrected chi connectivity index (χ3v) is 3.83. The summed E-state index contributed by atoms with van der Waals surface area (Å²) in [5.74, 6) is 0.140. The minimum atomic E-state index is -0.280. The Bertz CT molecular complexity index is 789. The molecule has 0 unspecified atom stereocenters. The first-order valence-electron chi connectivity index (χ1n) is 7.32. The third-order valence-electron chi connectivity index (χ3n) is 2.93. The molecule has 0 spiro atoms. The maximum absolute atomic E-state index is 12.2. The summed E-state index contributed by atoms with van der Waals surface area (Å²) in [5, 5.41) is 0.851. The van der Waals surface area contributed by atoms with E-state index in [0.29, 0.717) is 16.1 Å². The summed E-state index contributed by atoms with van der Waals surface area (Å²) in [6.45, 7) is 0. The number of rotatable bonds is 5. The SMILES string of the molecule is CN(C)C=O.COn1c(SCC(=O)N(C)C)nc2ccccc2c1=O. The van der Waals surface area contributed by atoms with Crippen molar-refractivity contribution in [2.45, 2.75) is 5.16 Å². The van der Waals surface area contributed by atoms with E-state index in [0.717, 1.165) is 11.1 Å². The van der Waals surface area contributed by atoms with E-state index in [-0.39, 0.29) is 17.2 Å². The molecule has 2 aromatic rings. The zero-order valence-corrected chi connectivity index (χ0v) is 15.7. The zero-order chi connectivity index (χ0) is 19.0. The topological polar surface area (TPSA) is 84.7 Å². The molecule has 0 aliphatic rings. The van der Waals surface area contributed by atoms with Crippen molar-refractivity contribution in [2.24, 2.45) is 0 Å². The molecular weight excluding hydrogens is 344 g/mol. The highest BCUT2D eigenvalue weighted by Gasteiger charge is 2.14. The number of fused-ring (bicyclic) bond motifs is 1. The Morgan fingerprint density at radius 2 is 1.88 bits per heavy atom. The van der Waals surface area contributed by atoms with Crippen molar-refractivity contribution in [3.05, 3.63) is 34.6 Å². The molecule has 0 fully saturated rings. The van der Waals surface area contributed by atoms with Crippen molar-refractivity contribution >= 4 is 35.0 Å². The Morgan fingerprint density at radius 3 is 2.40 bits per heavy atom. The maximum atomic E-state index is 12.2. The van der Waals surface area contributed by atoms with Crippen LogP contribution < -0.4 is 10.4 Å². The van der Waals surface area contributed by atoms with Crippen LogP contribution >= 0.6 is 11.8 Å². The fraction of sp³-hybridized carbons (Fsp3) is 0.375. The van der Waals surface area contributed by atoms with Crippen LogP contribution in [0.2, 0.25) is 0 Å². The van der Waals surface area contributed by atoms with Gasteiger partial charge in [-0.2, -0.15) is 0 Å². The second-order valence-electron chi connectivity index (χ2n) is 5.34. The highest BCUT2D eigenvalue weighted by Crippen LogP contribution is 2.17. The van der Waals surface area contributed by atoms with Gasteiger partial charge in [0.15, 0.2) is 0 Å². The molecule has 0 saturated heterocycles. The van der Waals surface area contributed by atoms with Crippen molar-refractivity contribution in [1.29, 1.82) is 0 Å². The van der Waals surface area contributed by atoms with Gasteiger partial charge in [0.2, 0.25) is 17.5 Å². The predicted molar refractivity (Wildman–Crippen MR) is 97.7 cm³/mol. The van der Waals surface area contributed by atoms with Gasteiger partial charge in [0, 0.05) is 28.2 Å². The molecule has 9 heteroatoms. The van der Waals surface area contributed by atoms with Crippen molar-refractivity contribution in [3.8, 4) is 0 Å². The molecule has 8 nitrogen and oxygen atoms in total. The fourth-order valence-corrected chi connectivity index (χ4v) is 2.55. The van der Waals surface area contributed by atoms with Crippen LogP contribution in [-0.4, -0.2) is 72.9 Å². The van der Waals surface area contributed by atoms with Crippen LogP contribution in [0, 0.1) is 0 Å². The lowest BCUT2D eigenvalue weighted by Gasteiger charge is -2.12. The van der Waals surface area contributed by atoms with Crippen LogP contribution in [0.4, 0.5) is 0 Å². The second kappa shape index (κ2) is 9.67. The smallest absolute Gasteiger partial charge is 0.295 e. The molecule has 0 aliphatic heterocycles. The summed E-state index contributed by atoms with van der Waals surface area (Å²) in [6.07, 6.45) is 0.750. The molecule has 2 amide bonds. The van der Waals surface area contributed by atoms with E-state index in [2.05, 4.69) is 4.98 Å². The van der Waals surface area contributed by atoms with E-state index in [1.165, 1.54) is 28.7 Å². The Balaban J connectivity index is 0.000000550. The lowest BCUT2D eigenvalue weighted by Crippen LogP contribution is -2.29. The average molecular weight is 366 g/mol. The van der Waals surface area contributed by atoms with Gasteiger partial charge < -0.3 is 14.6 Å². The van der Waals surface area contributed by atoms with Crippen molar-refractivity contribution in [3.63, 3.8) is 0 Å². The Labute approximate surface area is 150 Å². The highest BCUT2D eigenvalue weighted by molar-refractivity contribution is 7.99. The second-order valence-corrected chi connectivity index (χ2v) is 6.28. The van der Waals surface area contributed by atoms with Crippen LogP contribution in [0.15, 0.2) is 34.2 Å². The van der Waals surface area contributed by atoms with E-state index < -0.39 is 0 Å². The van der Waals surface area contributed by atoms with Gasteiger partial charge in [-0.1, -0.05) is 23.9 Å². The number of carbonyl (C=O) groups is 2. The first kappa shape index (κ1) is 20.5.